The van der Waals surface area contributed by atoms with Crippen molar-refractivity contribution in [3.05, 3.63) is 34.9 Å². The van der Waals surface area contributed by atoms with Gasteiger partial charge in [-0.3, -0.25) is 0 Å². The third-order valence-electron chi connectivity index (χ3n) is 2.28. The molecule has 17 heavy (non-hydrogen) atoms. The Kier molecular flexibility index (Phi) is 4.72. The van der Waals surface area contributed by atoms with E-state index in [0.717, 1.165) is 0 Å². The summed E-state index contributed by atoms with van der Waals surface area (Å²) in [5, 5.41) is 10.3. The van der Waals surface area contributed by atoms with Gasteiger partial charge in [0, 0.05) is 5.02 Å². The van der Waals surface area contributed by atoms with Gasteiger partial charge in [-0.2, -0.15) is 0 Å². The molecule has 1 atom stereocenters. The zero-order valence-corrected chi connectivity index (χ0v) is 12.0. The largest absolute Gasteiger partial charge is 0.384 e. The summed E-state index contributed by atoms with van der Waals surface area (Å²) in [5.74, 6) is -0.266. The molecule has 0 amide bonds. The van der Waals surface area contributed by atoms with Crippen LogP contribution in [-0.4, -0.2) is 22.9 Å². The maximum atomic E-state index is 11.7. The van der Waals surface area contributed by atoms with Crippen LogP contribution in [0, 0.1) is 0 Å². The molecule has 0 saturated heterocycles. The number of hydrogen-bond donors (Lipinski definition) is 1. The van der Waals surface area contributed by atoms with Crippen molar-refractivity contribution in [2.24, 2.45) is 0 Å². The predicted octanol–water partition coefficient (Wildman–Crippen LogP) is 2.94. The van der Waals surface area contributed by atoms with Crippen LogP contribution in [0.2, 0.25) is 5.02 Å². The molecule has 1 rings (SSSR count). The molecule has 7 heteroatoms. The van der Waals surface area contributed by atoms with E-state index >= 15 is 0 Å². The maximum Gasteiger partial charge on any atom is 0.247 e. The Hall–Kier alpha value is -0.000000000000000111. The summed E-state index contributed by atoms with van der Waals surface area (Å²) in [6.07, 6.45) is -1.56. The normalized spacial score (nSPS) is 14.6. The van der Waals surface area contributed by atoms with Crippen LogP contribution in [0.25, 0.3) is 0 Å². The first-order valence-electron chi connectivity index (χ1n) is 4.76. The molecule has 1 aromatic rings. The highest BCUT2D eigenvalue weighted by molar-refractivity contribution is 7.95. The van der Waals surface area contributed by atoms with Crippen LogP contribution in [0.1, 0.15) is 18.6 Å². The summed E-state index contributed by atoms with van der Waals surface area (Å²) >= 11 is 17.2. The van der Waals surface area contributed by atoms with E-state index in [4.69, 9.17) is 34.8 Å². The van der Waals surface area contributed by atoms with Crippen molar-refractivity contribution in [1.29, 1.82) is 0 Å². The highest BCUT2D eigenvalue weighted by atomic mass is 35.5. The molecule has 0 aliphatic carbocycles. The number of hydrogen-bond acceptors (Lipinski definition) is 3. The van der Waals surface area contributed by atoms with Gasteiger partial charge >= 0.3 is 0 Å². The second-order valence-electron chi connectivity index (χ2n) is 3.42. The Labute approximate surface area is 115 Å². The first-order valence-corrected chi connectivity index (χ1v) is 7.54. The van der Waals surface area contributed by atoms with Gasteiger partial charge in [-0.15, -0.1) is 0 Å². The number of benzene rings is 1. The van der Waals surface area contributed by atoms with Gasteiger partial charge in [-0.25, -0.2) is 8.42 Å². The lowest BCUT2D eigenvalue weighted by Crippen LogP contribution is -2.34. The van der Waals surface area contributed by atoms with E-state index in [9.17, 15) is 13.5 Å². The summed E-state index contributed by atoms with van der Waals surface area (Å²) in [7, 11) is -3.82. The summed E-state index contributed by atoms with van der Waals surface area (Å²) in [6.45, 7) is 1.40. The minimum Gasteiger partial charge on any atom is -0.384 e. The lowest BCUT2D eigenvalue weighted by Gasteiger charge is -2.25. The van der Waals surface area contributed by atoms with Crippen LogP contribution >= 0.6 is 34.8 Å². The van der Waals surface area contributed by atoms with Gasteiger partial charge in [0.05, 0.1) is 5.75 Å². The average Bonchev–Trinajstić information content (AvgIpc) is 2.27. The lowest BCUT2D eigenvalue weighted by molar-refractivity contribution is 0.181. The second kappa shape index (κ2) is 5.33. The first-order chi connectivity index (χ1) is 7.72. The van der Waals surface area contributed by atoms with Gasteiger partial charge < -0.3 is 5.11 Å². The average molecular weight is 318 g/mol. The molecular formula is C10H11Cl3O3S. The molecule has 0 unspecified atom stereocenters. The summed E-state index contributed by atoms with van der Waals surface area (Å²) in [4.78, 5) is 0. The van der Waals surface area contributed by atoms with Crippen molar-refractivity contribution >= 4 is 44.6 Å². The number of halogens is 3. The molecular weight excluding hydrogens is 307 g/mol. The third kappa shape index (κ3) is 3.06. The molecule has 0 bridgehead atoms. The highest BCUT2D eigenvalue weighted by Crippen LogP contribution is 2.41. The van der Waals surface area contributed by atoms with Crippen LogP contribution in [-0.2, 0) is 9.84 Å². The second-order valence-corrected chi connectivity index (χ2v) is 8.14. The molecule has 0 aliphatic rings. The Bertz CT molecular complexity index is 499. The highest BCUT2D eigenvalue weighted by Gasteiger charge is 2.46. The van der Waals surface area contributed by atoms with Gasteiger partial charge in [-0.05, 0) is 17.7 Å². The minimum absolute atomic E-state index is 0.250. The van der Waals surface area contributed by atoms with Crippen LogP contribution in [0.4, 0.5) is 0 Å². The van der Waals surface area contributed by atoms with Crippen molar-refractivity contribution < 1.29 is 13.5 Å². The fourth-order valence-electron chi connectivity index (χ4n) is 1.23. The van der Waals surface area contributed by atoms with E-state index in [1.165, 1.54) is 19.1 Å². The molecule has 96 valence electrons. The fraction of sp³-hybridized carbons (Fsp3) is 0.400. The van der Waals surface area contributed by atoms with Crippen molar-refractivity contribution in [3.63, 3.8) is 0 Å². The SMILES string of the molecule is CCS(=O)(=O)C(Cl)(Cl)[C@H](O)c1cccc(Cl)c1. The first kappa shape index (κ1) is 15.1. The predicted molar refractivity (Wildman–Crippen MR) is 70.3 cm³/mol. The number of alkyl halides is 2. The van der Waals surface area contributed by atoms with Crippen LogP contribution < -0.4 is 0 Å². The number of aliphatic hydroxyl groups excluding tert-OH is 1. The van der Waals surface area contributed by atoms with Gasteiger partial charge in [0.1, 0.15) is 6.10 Å². The van der Waals surface area contributed by atoms with Gasteiger partial charge in [0.2, 0.25) is 3.67 Å². The zero-order valence-electron chi connectivity index (χ0n) is 8.90. The van der Waals surface area contributed by atoms with Crippen molar-refractivity contribution in [2.75, 3.05) is 5.75 Å². The molecule has 3 nitrogen and oxygen atoms in total. The summed E-state index contributed by atoms with van der Waals surface area (Å²) in [6, 6.07) is 6.08. The molecule has 0 aliphatic heterocycles. The maximum absolute atomic E-state index is 11.7. The van der Waals surface area contributed by atoms with E-state index in [1.54, 1.807) is 12.1 Å². The third-order valence-corrected chi connectivity index (χ3v) is 6.15. The number of rotatable bonds is 4. The topological polar surface area (TPSA) is 54.4 Å². The van der Waals surface area contributed by atoms with Crippen molar-refractivity contribution in [1.82, 2.24) is 0 Å². The molecule has 0 radical (unpaired) electrons. The fourth-order valence-corrected chi connectivity index (χ4v) is 3.20. The molecule has 0 aromatic heterocycles. The van der Waals surface area contributed by atoms with Crippen LogP contribution in [0.3, 0.4) is 0 Å². The Morgan fingerprint density at radius 3 is 2.47 bits per heavy atom. The molecule has 0 heterocycles. The standard InChI is InChI=1S/C10H11Cl3O3S/c1-2-17(15,16)10(12,13)9(14)7-4-3-5-8(11)6-7/h3-6,9,14H,2H2,1H3/t9-/m1/s1. The molecule has 1 N–H and O–H groups in total. The molecule has 0 fully saturated rings. The van der Waals surface area contributed by atoms with E-state index in [-0.39, 0.29) is 11.3 Å². The minimum atomic E-state index is -3.82. The Morgan fingerprint density at radius 1 is 1.41 bits per heavy atom. The molecule has 0 saturated carbocycles. The van der Waals surface area contributed by atoms with Gasteiger partial charge in [0.15, 0.2) is 9.84 Å². The summed E-state index contributed by atoms with van der Waals surface area (Å²) < 4.78 is 21.0. The van der Waals surface area contributed by atoms with Crippen LogP contribution in [0.15, 0.2) is 24.3 Å². The van der Waals surface area contributed by atoms with E-state index in [2.05, 4.69) is 0 Å². The smallest absolute Gasteiger partial charge is 0.247 e. The van der Waals surface area contributed by atoms with Crippen LogP contribution in [0.5, 0.6) is 0 Å². The Morgan fingerprint density at radius 2 is 2.00 bits per heavy atom. The van der Waals surface area contributed by atoms with E-state index in [1.807, 2.05) is 0 Å². The quantitative estimate of drug-likeness (QED) is 0.869. The summed E-state index contributed by atoms with van der Waals surface area (Å²) in [5.41, 5.74) is 0.250. The molecule has 0 spiro atoms. The van der Waals surface area contributed by atoms with Gasteiger partial charge in [-0.1, -0.05) is 53.9 Å². The monoisotopic (exact) mass is 316 g/mol. The zero-order chi connectivity index (χ0) is 13.3. The Balaban J connectivity index is 3.17. The van der Waals surface area contributed by atoms with Gasteiger partial charge in [0.25, 0.3) is 0 Å². The van der Waals surface area contributed by atoms with E-state index in [0.29, 0.717) is 5.02 Å². The van der Waals surface area contributed by atoms with E-state index < -0.39 is 19.6 Å². The van der Waals surface area contributed by atoms with Crippen molar-refractivity contribution in [3.8, 4) is 0 Å². The van der Waals surface area contributed by atoms with Crippen molar-refractivity contribution in [2.45, 2.75) is 16.7 Å². The lowest BCUT2D eigenvalue weighted by atomic mass is 10.1. The number of sulfone groups is 1. The number of aliphatic hydroxyl groups is 1. The molecule has 1 aromatic carbocycles.